The van der Waals surface area contributed by atoms with Gasteiger partial charge in [0.15, 0.2) is 5.82 Å². The maximum atomic E-state index is 5.71. The minimum absolute atomic E-state index is 0.516. The fourth-order valence-corrected chi connectivity index (χ4v) is 1.64. The normalized spacial score (nSPS) is 11.1. The summed E-state index contributed by atoms with van der Waals surface area (Å²) in [6.07, 6.45) is 5.17. The van der Waals surface area contributed by atoms with Crippen molar-refractivity contribution in [1.29, 1.82) is 0 Å². The van der Waals surface area contributed by atoms with Gasteiger partial charge in [-0.2, -0.15) is 0 Å². The number of anilines is 1. The molecule has 0 aliphatic heterocycles. The summed E-state index contributed by atoms with van der Waals surface area (Å²) < 4.78 is 6.97. The minimum Gasteiger partial charge on any atom is -0.464 e. The van der Waals surface area contributed by atoms with Crippen molar-refractivity contribution < 1.29 is 4.42 Å². The average molecular weight is 214 g/mol. The van der Waals surface area contributed by atoms with Crippen molar-refractivity contribution in [2.45, 2.75) is 6.92 Å². The number of furan rings is 1. The summed E-state index contributed by atoms with van der Waals surface area (Å²) in [7, 11) is 0. The van der Waals surface area contributed by atoms with Crippen LogP contribution in [0.1, 0.15) is 5.56 Å². The van der Waals surface area contributed by atoms with E-state index in [-0.39, 0.29) is 0 Å². The summed E-state index contributed by atoms with van der Waals surface area (Å²) in [5, 5.41) is 5.12. The highest BCUT2D eigenvalue weighted by atomic mass is 16.3. The van der Waals surface area contributed by atoms with Crippen molar-refractivity contribution in [3.8, 4) is 5.82 Å². The van der Waals surface area contributed by atoms with Crippen molar-refractivity contribution in [3.05, 3.63) is 36.4 Å². The number of aryl methyl sites for hydroxylation is 1. The summed E-state index contributed by atoms with van der Waals surface area (Å²) in [5.74, 6) is 1.24. The van der Waals surface area contributed by atoms with E-state index in [4.69, 9.17) is 10.2 Å². The molecule has 0 atom stereocenters. The van der Waals surface area contributed by atoms with Crippen LogP contribution in [0.2, 0.25) is 0 Å². The second-order valence-electron chi connectivity index (χ2n) is 3.61. The van der Waals surface area contributed by atoms with E-state index in [0.717, 1.165) is 22.4 Å². The van der Waals surface area contributed by atoms with Crippen LogP contribution in [0.4, 0.5) is 5.82 Å². The maximum absolute atomic E-state index is 5.71. The molecule has 0 saturated heterocycles. The van der Waals surface area contributed by atoms with Gasteiger partial charge in [-0.05, 0) is 19.1 Å². The average Bonchev–Trinajstić information content (AvgIpc) is 2.85. The highest BCUT2D eigenvalue weighted by molar-refractivity contribution is 5.83. The third-order valence-electron chi connectivity index (χ3n) is 2.51. The molecule has 3 aromatic rings. The zero-order valence-electron chi connectivity index (χ0n) is 8.71. The molecule has 0 aliphatic rings. The van der Waals surface area contributed by atoms with E-state index in [1.54, 1.807) is 17.1 Å². The molecule has 2 N–H and O–H groups in total. The minimum atomic E-state index is 0.516. The molecule has 80 valence electrons. The number of aromatic nitrogens is 3. The third kappa shape index (κ3) is 1.18. The van der Waals surface area contributed by atoms with Crippen molar-refractivity contribution >= 4 is 16.8 Å². The maximum Gasteiger partial charge on any atom is 0.164 e. The van der Waals surface area contributed by atoms with Crippen LogP contribution in [-0.4, -0.2) is 14.8 Å². The first kappa shape index (κ1) is 8.96. The van der Waals surface area contributed by atoms with Crippen LogP contribution >= 0.6 is 0 Å². The molecule has 0 saturated carbocycles. The van der Waals surface area contributed by atoms with Gasteiger partial charge in [0, 0.05) is 18.0 Å². The number of nitrogen functional groups attached to an aromatic ring is 1. The van der Waals surface area contributed by atoms with Crippen LogP contribution < -0.4 is 5.73 Å². The molecule has 0 aromatic carbocycles. The number of hydrogen-bond acceptors (Lipinski definition) is 4. The Bertz CT molecular complexity index is 633. The Morgan fingerprint density at radius 3 is 3.00 bits per heavy atom. The van der Waals surface area contributed by atoms with Crippen molar-refractivity contribution in [2.24, 2.45) is 0 Å². The fourth-order valence-electron chi connectivity index (χ4n) is 1.64. The van der Waals surface area contributed by atoms with Crippen molar-refractivity contribution in [2.75, 3.05) is 5.73 Å². The number of hydrogen-bond donors (Lipinski definition) is 1. The summed E-state index contributed by atoms with van der Waals surface area (Å²) in [4.78, 5) is 4.29. The van der Waals surface area contributed by atoms with Crippen LogP contribution in [-0.2, 0) is 0 Å². The van der Waals surface area contributed by atoms with Crippen molar-refractivity contribution in [1.82, 2.24) is 14.8 Å². The van der Waals surface area contributed by atoms with Crippen LogP contribution in [0.15, 0.2) is 35.2 Å². The highest BCUT2D eigenvalue weighted by Gasteiger charge is 2.09. The molecule has 5 heteroatoms. The Hall–Kier alpha value is -2.30. The lowest BCUT2D eigenvalue weighted by Crippen LogP contribution is -1.99. The summed E-state index contributed by atoms with van der Waals surface area (Å²) in [6, 6.07) is 3.68. The second kappa shape index (κ2) is 3.10. The second-order valence-corrected chi connectivity index (χ2v) is 3.61. The van der Waals surface area contributed by atoms with E-state index in [9.17, 15) is 0 Å². The number of nitrogens with zero attached hydrogens (tertiary/aromatic N) is 3. The molecule has 3 aromatic heterocycles. The lowest BCUT2D eigenvalue weighted by Gasteiger charge is -2.00. The zero-order chi connectivity index (χ0) is 11.1. The molecule has 0 spiro atoms. The van der Waals surface area contributed by atoms with E-state index in [1.807, 2.05) is 25.3 Å². The molecule has 16 heavy (non-hydrogen) atoms. The quantitative estimate of drug-likeness (QED) is 0.671. The Balaban J connectivity index is 2.29. The van der Waals surface area contributed by atoms with E-state index < -0.39 is 0 Å². The molecular formula is C11H10N4O. The smallest absolute Gasteiger partial charge is 0.164 e. The Morgan fingerprint density at radius 1 is 1.38 bits per heavy atom. The van der Waals surface area contributed by atoms with Gasteiger partial charge in [-0.15, -0.1) is 5.10 Å². The molecular weight excluding hydrogens is 204 g/mol. The SMILES string of the molecule is Cc1cn(-c2nccc3occc23)nc1N. The first-order chi connectivity index (χ1) is 7.75. The first-order valence-corrected chi connectivity index (χ1v) is 4.90. The Labute approximate surface area is 91.5 Å². The van der Waals surface area contributed by atoms with E-state index >= 15 is 0 Å². The predicted octanol–water partition coefficient (Wildman–Crippen LogP) is 1.90. The Morgan fingerprint density at radius 2 is 2.25 bits per heavy atom. The van der Waals surface area contributed by atoms with Gasteiger partial charge >= 0.3 is 0 Å². The van der Waals surface area contributed by atoms with Gasteiger partial charge in [0.05, 0.1) is 11.6 Å². The van der Waals surface area contributed by atoms with Gasteiger partial charge in [0.1, 0.15) is 11.4 Å². The summed E-state index contributed by atoms with van der Waals surface area (Å²) in [6.45, 7) is 1.91. The van der Waals surface area contributed by atoms with E-state index in [2.05, 4.69) is 10.1 Å². The number of fused-ring (bicyclic) bond motifs is 1. The van der Waals surface area contributed by atoms with Crippen molar-refractivity contribution in [3.63, 3.8) is 0 Å². The van der Waals surface area contributed by atoms with E-state index in [1.165, 1.54) is 0 Å². The molecule has 0 bridgehead atoms. The number of pyridine rings is 1. The van der Waals surface area contributed by atoms with Gasteiger partial charge in [0.2, 0.25) is 0 Å². The molecule has 5 nitrogen and oxygen atoms in total. The molecule has 0 unspecified atom stereocenters. The fraction of sp³-hybridized carbons (Fsp3) is 0.0909. The number of rotatable bonds is 1. The number of nitrogens with two attached hydrogens (primary N) is 1. The summed E-state index contributed by atoms with van der Waals surface area (Å²) in [5.41, 5.74) is 7.44. The molecule has 0 fully saturated rings. The lowest BCUT2D eigenvalue weighted by molar-refractivity contribution is 0.615. The van der Waals surface area contributed by atoms with Gasteiger partial charge in [-0.1, -0.05) is 0 Å². The molecule has 0 aliphatic carbocycles. The molecule has 3 heterocycles. The van der Waals surface area contributed by atoms with Gasteiger partial charge < -0.3 is 10.2 Å². The van der Waals surface area contributed by atoms with Gasteiger partial charge in [-0.3, -0.25) is 0 Å². The highest BCUT2D eigenvalue weighted by Crippen LogP contribution is 2.21. The van der Waals surface area contributed by atoms with E-state index in [0.29, 0.717) is 5.82 Å². The van der Waals surface area contributed by atoms with Gasteiger partial charge in [0.25, 0.3) is 0 Å². The third-order valence-corrected chi connectivity index (χ3v) is 2.51. The predicted molar refractivity (Wildman–Crippen MR) is 60.3 cm³/mol. The molecule has 0 radical (unpaired) electrons. The van der Waals surface area contributed by atoms with Crippen LogP contribution in [0, 0.1) is 6.92 Å². The zero-order valence-corrected chi connectivity index (χ0v) is 8.71. The molecule has 0 amide bonds. The summed E-state index contributed by atoms with van der Waals surface area (Å²) >= 11 is 0. The largest absolute Gasteiger partial charge is 0.464 e. The Kier molecular flexibility index (Phi) is 1.73. The topological polar surface area (TPSA) is 69.9 Å². The van der Waals surface area contributed by atoms with Crippen LogP contribution in [0.3, 0.4) is 0 Å². The monoisotopic (exact) mass is 214 g/mol. The first-order valence-electron chi connectivity index (χ1n) is 4.90. The van der Waals surface area contributed by atoms with Crippen LogP contribution in [0.25, 0.3) is 16.8 Å². The standard InChI is InChI=1S/C11H10N4O/c1-7-6-15(14-10(7)12)11-8-3-5-16-9(8)2-4-13-11/h2-6H,1H3,(H2,12,14). The lowest BCUT2D eigenvalue weighted by atomic mass is 10.3. The van der Waals surface area contributed by atoms with Crippen LogP contribution in [0.5, 0.6) is 0 Å². The molecule has 3 rings (SSSR count). The van der Waals surface area contributed by atoms with Gasteiger partial charge in [-0.25, -0.2) is 9.67 Å².